The average Bonchev–Trinajstić information content (AvgIpc) is 2.46. The minimum Gasteiger partial charge on any atom is -0.489 e. The van der Waals surface area contributed by atoms with E-state index in [1.807, 2.05) is 37.3 Å². The molecule has 0 saturated heterocycles. The van der Waals surface area contributed by atoms with Crippen LogP contribution in [0.3, 0.4) is 0 Å². The van der Waals surface area contributed by atoms with E-state index in [4.69, 9.17) is 10.5 Å². The molecule has 0 spiro atoms. The Kier molecular flexibility index (Phi) is 4.55. The molecule has 0 amide bonds. The van der Waals surface area contributed by atoms with Crippen LogP contribution in [0.25, 0.3) is 0 Å². The van der Waals surface area contributed by atoms with E-state index in [0.717, 1.165) is 11.1 Å². The quantitative estimate of drug-likeness (QED) is 0.674. The first-order valence-corrected chi connectivity index (χ1v) is 6.70. The van der Waals surface area contributed by atoms with Crippen LogP contribution in [0.15, 0.2) is 42.5 Å². The molecule has 0 radical (unpaired) electrons. The number of hydrogen-bond acceptors (Lipinski definition) is 4. The summed E-state index contributed by atoms with van der Waals surface area (Å²) in [5.41, 5.74) is 8.38. The van der Waals surface area contributed by atoms with Gasteiger partial charge in [-0.05, 0) is 37.1 Å². The summed E-state index contributed by atoms with van der Waals surface area (Å²) in [6.07, 6.45) is 0. The molecule has 0 heterocycles. The lowest BCUT2D eigenvalue weighted by molar-refractivity contribution is -0.385. The maximum Gasteiger partial charge on any atom is 0.272 e. The van der Waals surface area contributed by atoms with Crippen molar-refractivity contribution in [2.45, 2.75) is 26.5 Å². The average molecular weight is 286 g/mol. The van der Waals surface area contributed by atoms with E-state index >= 15 is 0 Å². The molecule has 0 aliphatic carbocycles. The summed E-state index contributed by atoms with van der Waals surface area (Å²) in [4.78, 5) is 10.5. The molecule has 0 aliphatic rings. The van der Waals surface area contributed by atoms with Crippen molar-refractivity contribution in [2.75, 3.05) is 0 Å². The lowest BCUT2D eigenvalue weighted by atomic mass is 10.1. The smallest absolute Gasteiger partial charge is 0.272 e. The molecular weight excluding hydrogens is 268 g/mol. The SMILES string of the molecule is Cc1c(COc2ccc(C(C)N)cc2)cccc1[N+](=O)[O-]. The molecule has 2 rings (SSSR count). The third kappa shape index (κ3) is 3.58. The van der Waals surface area contributed by atoms with Gasteiger partial charge in [0.25, 0.3) is 5.69 Å². The van der Waals surface area contributed by atoms with Crippen LogP contribution in [-0.2, 0) is 6.61 Å². The van der Waals surface area contributed by atoms with Gasteiger partial charge in [0.2, 0.25) is 0 Å². The number of nitrogens with zero attached hydrogens (tertiary/aromatic N) is 1. The van der Waals surface area contributed by atoms with Crippen LogP contribution in [-0.4, -0.2) is 4.92 Å². The predicted molar refractivity (Wildman–Crippen MR) is 81.2 cm³/mol. The van der Waals surface area contributed by atoms with Gasteiger partial charge in [0.15, 0.2) is 0 Å². The first kappa shape index (κ1) is 15.0. The molecule has 0 saturated carbocycles. The zero-order valence-electron chi connectivity index (χ0n) is 12.1. The van der Waals surface area contributed by atoms with Crippen LogP contribution in [0.1, 0.15) is 29.7 Å². The number of nitro groups is 1. The molecular formula is C16H18N2O3. The Morgan fingerprint density at radius 3 is 2.48 bits per heavy atom. The number of nitro benzene ring substituents is 1. The number of rotatable bonds is 5. The largest absolute Gasteiger partial charge is 0.489 e. The zero-order valence-corrected chi connectivity index (χ0v) is 12.1. The van der Waals surface area contributed by atoms with Gasteiger partial charge in [0, 0.05) is 17.7 Å². The lowest BCUT2D eigenvalue weighted by Gasteiger charge is -2.10. The summed E-state index contributed by atoms with van der Waals surface area (Å²) in [6.45, 7) is 3.95. The van der Waals surface area contributed by atoms with E-state index in [2.05, 4.69) is 0 Å². The Morgan fingerprint density at radius 2 is 1.90 bits per heavy atom. The van der Waals surface area contributed by atoms with Crippen molar-refractivity contribution < 1.29 is 9.66 Å². The highest BCUT2D eigenvalue weighted by Crippen LogP contribution is 2.23. The summed E-state index contributed by atoms with van der Waals surface area (Å²) >= 11 is 0. The van der Waals surface area contributed by atoms with E-state index in [9.17, 15) is 10.1 Å². The van der Waals surface area contributed by atoms with Gasteiger partial charge >= 0.3 is 0 Å². The van der Waals surface area contributed by atoms with Crippen LogP contribution in [0.2, 0.25) is 0 Å². The monoisotopic (exact) mass is 286 g/mol. The van der Waals surface area contributed by atoms with Gasteiger partial charge < -0.3 is 10.5 Å². The topological polar surface area (TPSA) is 78.4 Å². The van der Waals surface area contributed by atoms with Crippen LogP contribution >= 0.6 is 0 Å². The summed E-state index contributed by atoms with van der Waals surface area (Å²) in [5.74, 6) is 0.713. The van der Waals surface area contributed by atoms with E-state index in [1.54, 1.807) is 13.0 Å². The van der Waals surface area contributed by atoms with E-state index in [1.165, 1.54) is 6.07 Å². The molecule has 0 bridgehead atoms. The van der Waals surface area contributed by atoms with Crippen molar-refractivity contribution in [1.82, 2.24) is 0 Å². The summed E-state index contributed by atoms with van der Waals surface area (Å²) in [6, 6.07) is 12.5. The number of benzene rings is 2. The van der Waals surface area contributed by atoms with E-state index in [0.29, 0.717) is 17.9 Å². The van der Waals surface area contributed by atoms with Crippen molar-refractivity contribution >= 4 is 5.69 Å². The third-order valence-corrected chi connectivity index (χ3v) is 3.41. The Labute approximate surface area is 123 Å². The zero-order chi connectivity index (χ0) is 15.4. The van der Waals surface area contributed by atoms with E-state index in [-0.39, 0.29) is 16.7 Å². The molecule has 5 nitrogen and oxygen atoms in total. The third-order valence-electron chi connectivity index (χ3n) is 3.41. The van der Waals surface area contributed by atoms with Gasteiger partial charge in [0.1, 0.15) is 12.4 Å². The van der Waals surface area contributed by atoms with Crippen molar-refractivity contribution in [3.8, 4) is 5.75 Å². The maximum absolute atomic E-state index is 10.9. The Balaban J connectivity index is 2.09. The molecule has 2 N–H and O–H groups in total. The molecule has 2 aromatic rings. The first-order chi connectivity index (χ1) is 9.99. The molecule has 5 heteroatoms. The Bertz CT molecular complexity index is 636. The van der Waals surface area contributed by atoms with Gasteiger partial charge in [-0.2, -0.15) is 0 Å². The highest BCUT2D eigenvalue weighted by molar-refractivity contribution is 5.44. The van der Waals surface area contributed by atoms with Crippen LogP contribution in [0.4, 0.5) is 5.69 Å². The van der Waals surface area contributed by atoms with Gasteiger partial charge in [-0.25, -0.2) is 0 Å². The van der Waals surface area contributed by atoms with Gasteiger partial charge in [-0.15, -0.1) is 0 Å². The van der Waals surface area contributed by atoms with E-state index < -0.39 is 0 Å². The van der Waals surface area contributed by atoms with Crippen LogP contribution in [0.5, 0.6) is 5.75 Å². The fourth-order valence-electron chi connectivity index (χ4n) is 2.05. The fraction of sp³-hybridized carbons (Fsp3) is 0.250. The molecule has 2 aromatic carbocycles. The summed E-state index contributed by atoms with van der Waals surface area (Å²) < 4.78 is 5.68. The second-order valence-corrected chi connectivity index (χ2v) is 4.96. The van der Waals surface area contributed by atoms with Gasteiger partial charge in [-0.1, -0.05) is 24.3 Å². The predicted octanol–water partition coefficient (Wildman–Crippen LogP) is 3.50. The minimum absolute atomic E-state index is 0.0157. The highest BCUT2D eigenvalue weighted by Gasteiger charge is 2.13. The Hall–Kier alpha value is -2.40. The second kappa shape index (κ2) is 6.37. The van der Waals surface area contributed by atoms with Crippen molar-refractivity contribution in [3.05, 3.63) is 69.3 Å². The van der Waals surface area contributed by atoms with Gasteiger partial charge in [0.05, 0.1) is 4.92 Å². The molecule has 1 atom stereocenters. The normalized spacial score (nSPS) is 12.0. The van der Waals surface area contributed by atoms with Crippen LogP contribution in [0, 0.1) is 17.0 Å². The van der Waals surface area contributed by atoms with Gasteiger partial charge in [-0.3, -0.25) is 10.1 Å². The van der Waals surface area contributed by atoms with Crippen molar-refractivity contribution in [1.29, 1.82) is 0 Å². The number of hydrogen-bond donors (Lipinski definition) is 1. The molecule has 1 unspecified atom stereocenters. The van der Waals surface area contributed by atoms with Crippen LogP contribution < -0.4 is 10.5 Å². The lowest BCUT2D eigenvalue weighted by Crippen LogP contribution is -2.05. The second-order valence-electron chi connectivity index (χ2n) is 4.96. The molecule has 21 heavy (non-hydrogen) atoms. The summed E-state index contributed by atoms with van der Waals surface area (Å²) in [7, 11) is 0. The minimum atomic E-state index is -0.379. The highest BCUT2D eigenvalue weighted by atomic mass is 16.6. The number of nitrogens with two attached hydrogens (primary N) is 1. The standard InChI is InChI=1S/C16H18N2O3/c1-11-14(4-3-5-16(11)18(19)20)10-21-15-8-6-13(7-9-15)12(2)17/h3-9,12H,10,17H2,1-2H3. The maximum atomic E-state index is 10.9. The fourth-order valence-corrected chi connectivity index (χ4v) is 2.05. The molecule has 110 valence electrons. The van der Waals surface area contributed by atoms with Crippen molar-refractivity contribution in [3.63, 3.8) is 0 Å². The molecule has 0 aromatic heterocycles. The summed E-state index contributed by atoms with van der Waals surface area (Å²) in [5, 5.41) is 10.9. The number of ether oxygens (including phenoxy) is 1. The molecule has 0 aliphatic heterocycles. The molecule has 0 fully saturated rings. The Morgan fingerprint density at radius 1 is 1.24 bits per heavy atom. The van der Waals surface area contributed by atoms with Crippen molar-refractivity contribution in [2.24, 2.45) is 5.73 Å². The first-order valence-electron chi connectivity index (χ1n) is 6.70.